The average Bonchev–Trinajstić information content (AvgIpc) is 2.83. The van der Waals surface area contributed by atoms with Crippen LogP contribution in [-0.2, 0) is 0 Å². The van der Waals surface area contributed by atoms with Gasteiger partial charge in [-0.15, -0.1) is 0 Å². The molecule has 0 spiro atoms. The van der Waals surface area contributed by atoms with Gasteiger partial charge in [-0.3, -0.25) is 0 Å². The Morgan fingerprint density at radius 3 is 2.93 bits per heavy atom. The number of hydrogen-bond acceptors (Lipinski definition) is 3. The molecule has 3 atom stereocenters. The molecule has 2 saturated heterocycles. The lowest BCUT2D eigenvalue weighted by Crippen LogP contribution is -2.21. The number of rotatable bonds is 1. The van der Waals surface area contributed by atoms with E-state index in [9.17, 15) is 0 Å². The number of hydrogen-bond donors (Lipinski definition) is 2. The number of nitrogen functional groups attached to an aromatic ring is 1. The summed E-state index contributed by atoms with van der Waals surface area (Å²) < 4.78 is 0.919. The van der Waals surface area contributed by atoms with Gasteiger partial charge in [-0.2, -0.15) is 0 Å². The molecule has 3 nitrogen and oxygen atoms in total. The first-order valence-corrected chi connectivity index (χ1v) is 6.20. The van der Waals surface area contributed by atoms with E-state index in [4.69, 9.17) is 5.73 Å². The van der Waals surface area contributed by atoms with Crippen molar-refractivity contribution in [3.8, 4) is 0 Å². The zero-order valence-corrected chi connectivity index (χ0v) is 10.00. The lowest BCUT2D eigenvalue weighted by molar-refractivity contribution is 0.505. The van der Waals surface area contributed by atoms with Gasteiger partial charge in [0.15, 0.2) is 0 Å². The number of halogens is 1. The normalized spacial score (nSPS) is 33.5. The lowest BCUT2D eigenvalue weighted by Gasteiger charge is -2.20. The van der Waals surface area contributed by atoms with Crippen molar-refractivity contribution in [1.82, 2.24) is 10.3 Å². The van der Waals surface area contributed by atoms with E-state index in [0.29, 0.717) is 17.8 Å². The van der Waals surface area contributed by atoms with E-state index in [2.05, 4.69) is 32.3 Å². The number of nitrogens with zero attached hydrogens (tertiary/aromatic N) is 1. The monoisotopic (exact) mass is 267 g/mol. The fourth-order valence-corrected chi connectivity index (χ4v) is 3.23. The van der Waals surface area contributed by atoms with Crippen LogP contribution in [0.15, 0.2) is 16.7 Å². The summed E-state index contributed by atoms with van der Waals surface area (Å²) in [5, 5.41) is 3.64. The Hall–Kier alpha value is -0.610. The van der Waals surface area contributed by atoms with Gasteiger partial charge >= 0.3 is 0 Å². The van der Waals surface area contributed by atoms with E-state index in [0.717, 1.165) is 10.5 Å². The van der Waals surface area contributed by atoms with Crippen LogP contribution >= 0.6 is 15.9 Å². The second-order valence-electron chi connectivity index (χ2n) is 4.53. The van der Waals surface area contributed by atoms with Crippen molar-refractivity contribution in [3.63, 3.8) is 0 Å². The van der Waals surface area contributed by atoms with Crippen LogP contribution in [0.4, 0.5) is 5.82 Å². The van der Waals surface area contributed by atoms with Crippen molar-refractivity contribution in [2.24, 2.45) is 0 Å². The summed E-state index contributed by atoms with van der Waals surface area (Å²) in [7, 11) is 0. The third kappa shape index (κ3) is 1.56. The maximum absolute atomic E-state index is 5.69. The summed E-state index contributed by atoms with van der Waals surface area (Å²) in [5.74, 6) is 1.21. The van der Waals surface area contributed by atoms with Crippen LogP contribution in [0.5, 0.6) is 0 Å². The van der Waals surface area contributed by atoms with Crippen molar-refractivity contribution in [2.45, 2.75) is 37.3 Å². The highest BCUT2D eigenvalue weighted by Crippen LogP contribution is 2.40. The van der Waals surface area contributed by atoms with Crippen LogP contribution in [0.1, 0.15) is 30.7 Å². The predicted octanol–water partition coefficient (Wildman–Crippen LogP) is 2.03. The topological polar surface area (TPSA) is 50.9 Å². The number of anilines is 1. The molecule has 0 aromatic carbocycles. The molecule has 2 fully saturated rings. The molecular formula is C11H14BrN3. The zero-order chi connectivity index (χ0) is 10.4. The Morgan fingerprint density at radius 2 is 2.33 bits per heavy atom. The summed E-state index contributed by atoms with van der Waals surface area (Å²) in [6, 6.07) is 3.51. The Balaban J connectivity index is 1.90. The van der Waals surface area contributed by atoms with Gasteiger partial charge in [0, 0.05) is 24.2 Å². The van der Waals surface area contributed by atoms with Gasteiger partial charge in [0.25, 0.3) is 0 Å². The van der Waals surface area contributed by atoms with Crippen molar-refractivity contribution in [3.05, 3.63) is 22.3 Å². The Kier molecular flexibility index (Phi) is 2.21. The summed E-state index contributed by atoms with van der Waals surface area (Å²) in [6.45, 7) is 0. The number of pyridine rings is 1. The molecular weight excluding hydrogens is 254 g/mol. The van der Waals surface area contributed by atoms with Crippen LogP contribution < -0.4 is 11.1 Å². The third-order valence-electron chi connectivity index (χ3n) is 3.62. The molecule has 3 rings (SSSR count). The van der Waals surface area contributed by atoms with Crippen LogP contribution in [-0.4, -0.2) is 17.1 Å². The highest BCUT2D eigenvalue weighted by atomic mass is 79.9. The quantitative estimate of drug-likeness (QED) is 0.819. The average molecular weight is 268 g/mol. The smallest absolute Gasteiger partial charge is 0.137 e. The zero-order valence-electron chi connectivity index (χ0n) is 8.41. The first kappa shape index (κ1) is 9.60. The second kappa shape index (κ2) is 3.46. The molecule has 1 aromatic rings. The van der Waals surface area contributed by atoms with Crippen LogP contribution in [0.25, 0.3) is 0 Å². The maximum Gasteiger partial charge on any atom is 0.137 e. The minimum absolute atomic E-state index is 0.579. The number of aromatic nitrogens is 1. The second-order valence-corrected chi connectivity index (χ2v) is 5.38. The van der Waals surface area contributed by atoms with Crippen LogP contribution in [0.2, 0.25) is 0 Å². The third-order valence-corrected chi connectivity index (χ3v) is 4.25. The fraction of sp³-hybridized carbons (Fsp3) is 0.545. The van der Waals surface area contributed by atoms with Gasteiger partial charge < -0.3 is 11.1 Å². The van der Waals surface area contributed by atoms with Gasteiger partial charge in [0.1, 0.15) is 5.82 Å². The minimum atomic E-state index is 0.579. The molecule has 3 heterocycles. The van der Waals surface area contributed by atoms with E-state index in [-0.39, 0.29) is 0 Å². The summed E-state index contributed by atoms with van der Waals surface area (Å²) in [4.78, 5) is 4.21. The van der Waals surface area contributed by atoms with Gasteiger partial charge in [-0.25, -0.2) is 4.98 Å². The Morgan fingerprint density at radius 1 is 1.47 bits per heavy atom. The Labute approximate surface area is 97.6 Å². The molecule has 0 unspecified atom stereocenters. The molecule has 2 bridgehead atoms. The van der Waals surface area contributed by atoms with E-state index < -0.39 is 0 Å². The minimum Gasteiger partial charge on any atom is -0.383 e. The standard InChI is InChI=1S/C11H14BrN3/c12-9-3-6(5-14-11(9)13)8-4-7-1-2-10(8)15-7/h3,5,7-8,10,15H,1-2,4H2,(H2,13,14)/t7-,8+,10+/m0/s1. The molecule has 3 N–H and O–H groups in total. The highest BCUT2D eigenvalue weighted by molar-refractivity contribution is 9.10. The largest absolute Gasteiger partial charge is 0.383 e. The number of nitrogens with two attached hydrogens (primary N) is 1. The van der Waals surface area contributed by atoms with E-state index >= 15 is 0 Å². The summed E-state index contributed by atoms with van der Waals surface area (Å²) in [5.41, 5.74) is 7.01. The first-order valence-electron chi connectivity index (χ1n) is 5.41. The molecule has 80 valence electrons. The van der Waals surface area contributed by atoms with Gasteiger partial charge in [-0.05, 0) is 46.8 Å². The molecule has 0 amide bonds. The van der Waals surface area contributed by atoms with Crippen LogP contribution in [0.3, 0.4) is 0 Å². The van der Waals surface area contributed by atoms with Crippen LogP contribution in [0, 0.1) is 0 Å². The van der Waals surface area contributed by atoms with E-state index in [1.54, 1.807) is 0 Å². The maximum atomic E-state index is 5.69. The van der Waals surface area contributed by atoms with Gasteiger partial charge in [0.05, 0.1) is 4.47 Å². The molecule has 4 heteroatoms. The summed E-state index contributed by atoms with van der Waals surface area (Å²) >= 11 is 3.44. The summed E-state index contributed by atoms with van der Waals surface area (Å²) in [6.07, 6.45) is 5.82. The number of fused-ring (bicyclic) bond motifs is 2. The molecule has 0 saturated carbocycles. The Bertz CT molecular complexity index is 393. The van der Waals surface area contributed by atoms with Gasteiger partial charge in [-0.1, -0.05) is 0 Å². The van der Waals surface area contributed by atoms with E-state index in [1.165, 1.54) is 24.8 Å². The molecule has 0 radical (unpaired) electrons. The first-order chi connectivity index (χ1) is 7.24. The van der Waals surface area contributed by atoms with Crippen molar-refractivity contribution in [2.75, 3.05) is 5.73 Å². The van der Waals surface area contributed by atoms with Gasteiger partial charge in [0.2, 0.25) is 0 Å². The van der Waals surface area contributed by atoms with Crippen molar-refractivity contribution in [1.29, 1.82) is 0 Å². The highest BCUT2D eigenvalue weighted by Gasteiger charge is 2.39. The van der Waals surface area contributed by atoms with E-state index in [1.807, 2.05) is 6.20 Å². The molecule has 1 aromatic heterocycles. The molecule has 2 aliphatic rings. The molecule has 15 heavy (non-hydrogen) atoms. The van der Waals surface area contributed by atoms with Crippen molar-refractivity contribution >= 4 is 21.7 Å². The molecule has 0 aliphatic carbocycles. The fourth-order valence-electron chi connectivity index (χ4n) is 2.86. The lowest BCUT2D eigenvalue weighted by atomic mass is 9.85. The SMILES string of the molecule is Nc1ncc([C@H]2C[C@@H]3CC[C@H]2N3)cc1Br. The van der Waals surface area contributed by atoms with Crippen molar-refractivity contribution < 1.29 is 0 Å². The predicted molar refractivity (Wildman–Crippen MR) is 63.7 cm³/mol. The molecule has 2 aliphatic heterocycles. The number of nitrogens with one attached hydrogen (secondary N) is 1.